The van der Waals surface area contributed by atoms with Gasteiger partial charge in [-0.05, 0) is 62.6 Å². The molecule has 2 aliphatic rings. The summed E-state index contributed by atoms with van der Waals surface area (Å²) in [4.78, 5) is 12.3. The maximum atomic E-state index is 12.3. The lowest BCUT2D eigenvalue weighted by molar-refractivity contribution is 0.0600. The van der Waals surface area contributed by atoms with Crippen LogP contribution in [0.5, 0.6) is 11.5 Å². The van der Waals surface area contributed by atoms with E-state index in [-0.39, 0.29) is 23.3 Å². The van der Waals surface area contributed by atoms with Crippen molar-refractivity contribution in [3.63, 3.8) is 0 Å². The monoisotopic (exact) mass is 421 g/mol. The number of carbonyl (C=O) groups is 1. The summed E-state index contributed by atoms with van der Waals surface area (Å²) in [6, 6.07) is 11.8. The van der Waals surface area contributed by atoms with Crippen LogP contribution >= 0.6 is 0 Å². The molecule has 2 aromatic carbocycles. The number of allylic oxidation sites excluding steroid dienone is 2. The zero-order chi connectivity index (χ0) is 22.2. The molecule has 0 aliphatic carbocycles. The molecule has 0 saturated heterocycles. The highest BCUT2D eigenvalue weighted by atomic mass is 16.5. The number of ether oxygens (including phenoxy) is 3. The molecule has 4 rings (SSSR count). The number of methoxy groups -OCH3 is 2. The minimum absolute atomic E-state index is 0.0630. The largest absolute Gasteiger partial charge is 0.496 e. The second-order valence-electron chi connectivity index (χ2n) is 8.90. The molecular formula is C26H31NO4. The normalized spacial score (nSPS) is 23.3. The maximum absolute atomic E-state index is 12.3. The summed E-state index contributed by atoms with van der Waals surface area (Å²) in [5.74, 6) is 1.57. The molecule has 3 atom stereocenters. The number of benzene rings is 2. The predicted octanol–water partition coefficient (Wildman–Crippen LogP) is 5.66. The van der Waals surface area contributed by atoms with Crippen LogP contribution in [0.3, 0.4) is 0 Å². The smallest absolute Gasteiger partial charge is 0.337 e. The Labute approximate surface area is 184 Å². The molecule has 5 nitrogen and oxygen atoms in total. The highest BCUT2D eigenvalue weighted by Crippen LogP contribution is 2.55. The summed E-state index contributed by atoms with van der Waals surface area (Å²) in [6.45, 7) is 7.16. The first-order chi connectivity index (χ1) is 14.9. The number of esters is 1. The van der Waals surface area contributed by atoms with Crippen LogP contribution in [0, 0.1) is 5.92 Å². The molecule has 0 spiro atoms. The van der Waals surface area contributed by atoms with Gasteiger partial charge in [-0.15, -0.1) is 0 Å². The van der Waals surface area contributed by atoms with Crippen LogP contribution in [0.1, 0.15) is 61.1 Å². The van der Waals surface area contributed by atoms with Crippen LogP contribution in [-0.2, 0) is 10.2 Å². The fourth-order valence-electron chi connectivity index (χ4n) is 5.07. The van der Waals surface area contributed by atoms with Crippen molar-refractivity contribution in [3.05, 3.63) is 64.7 Å². The average molecular weight is 422 g/mol. The molecule has 0 bridgehead atoms. The third-order valence-electron chi connectivity index (χ3n) is 6.78. The summed E-state index contributed by atoms with van der Waals surface area (Å²) in [7, 11) is 3.12. The molecule has 5 heteroatoms. The Hall–Kier alpha value is -2.95. The van der Waals surface area contributed by atoms with Gasteiger partial charge in [-0.25, -0.2) is 4.79 Å². The summed E-state index contributed by atoms with van der Waals surface area (Å²) in [6.07, 6.45) is 4.19. The molecule has 0 radical (unpaired) electrons. The van der Waals surface area contributed by atoms with Gasteiger partial charge in [0.15, 0.2) is 0 Å². The Morgan fingerprint density at radius 3 is 2.77 bits per heavy atom. The predicted molar refractivity (Wildman–Crippen MR) is 122 cm³/mol. The van der Waals surface area contributed by atoms with Gasteiger partial charge in [0.25, 0.3) is 0 Å². The van der Waals surface area contributed by atoms with E-state index in [0.29, 0.717) is 12.2 Å². The molecule has 1 N–H and O–H groups in total. The van der Waals surface area contributed by atoms with Crippen molar-refractivity contribution in [1.82, 2.24) is 0 Å². The lowest BCUT2D eigenvalue weighted by Gasteiger charge is -2.50. The first kappa shape index (κ1) is 21.3. The number of carbonyl (C=O) groups excluding carboxylic acids is 1. The molecule has 0 fully saturated rings. The van der Waals surface area contributed by atoms with Crippen molar-refractivity contribution in [2.45, 2.75) is 45.1 Å². The van der Waals surface area contributed by atoms with Crippen molar-refractivity contribution >= 4 is 11.7 Å². The third kappa shape index (κ3) is 3.67. The van der Waals surface area contributed by atoms with Crippen LogP contribution in [0.15, 0.2) is 48.0 Å². The number of anilines is 1. The van der Waals surface area contributed by atoms with Crippen molar-refractivity contribution in [1.29, 1.82) is 0 Å². The molecule has 2 aliphatic heterocycles. The van der Waals surface area contributed by atoms with Crippen LogP contribution in [0.25, 0.3) is 0 Å². The van der Waals surface area contributed by atoms with Crippen LogP contribution in [0.2, 0.25) is 0 Å². The minimum Gasteiger partial charge on any atom is -0.496 e. The molecule has 0 unspecified atom stereocenters. The summed E-state index contributed by atoms with van der Waals surface area (Å²) in [5.41, 5.74) is 4.94. The number of hydrogen-bond donors (Lipinski definition) is 1. The van der Waals surface area contributed by atoms with Gasteiger partial charge in [-0.3, -0.25) is 0 Å². The Morgan fingerprint density at radius 2 is 2.06 bits per heavy atom. The van der Waals surface area contributed by atoms with Gasteiger partial charge < -0.3 is 19.5 Å². The summed E-state index contributed by atoms with van der Waals surface area (Å²) >= 11 is 0. The van der Waals surface area contributed by atoms with Gasteiger partial charge in [0.1, 0.15) is 11.5 Å². The fourth-order valence-corrected chi connectivity index (χ4v) is 5.07. The van der Waals surface area contributed by atoms with E-state index in [2.05, 4.69) is 32.2 Å². The second-order valence-corrected chi connectivity index (χ2v) is 8.90. The summed E-state index contributed by atoms with van der Waals surface area (Å²) in [5, 5.41) is 3.74. The Morgan fingerprint density at radius 1 is 1.26 bits per heavy atom. The molecule has 0 amide bonds. The molecule has 2 heterocycles. The van der Waals surface area contributed by atoms with Crippen LogP contribution in [-0.4, -0.2) is 26.8 Å². The molecule has 0 aromatic heterocycles. The molecular weight excluding hydrogens is 390 g/mol. The van der Waals surface area contributed by atoms with Gasteiger partial charge in [-0.1, -0.05) is 24.6 Å². The maximum Gasteiger partial charge on any atom is 0.337 e. The fraction of sp³-hybridized carbons (Fsp3) is 0.423. The number of nitrogens with one attached hydrogen (secondary N) is 1. The Bertz CT molecular complexity index is 1010. The quantitative estimate of drug-likeness (QED) is 0.499. The van der Waals surface area contributed by atoms with Gasteiger partial charge in [0.05, 0.1) is 38.0 Å². The zero-order valence-corrected chi connectivity index (χ0v) is 19.0. The third-order valence-corrected chi connectivity index (χ3v) is 6.78. The standard InChI is InChI=1S/C26H31NO4/c1-16(2)8-7-13-26(3)18-14-17(25(28)30-5)11-12-20(18)27-24-19(26)15-31-22-10-6-9-21(29-4)23(22)24/h6,8-12,14,19,24,27H,7,13,15H2,1-5H3/t19-,24-,26-/m0/s1. The van der Waals surface area contributed by atoms with Crippen molar-refractivity contribution in [3.8, 4) is 11.5 Å². The van der Waals surface area contributed by atoms with Gasteiger partial charge in [0.2, 0.25) is 0 Å². The van der Waals surface area contributed by atoms with E-state index in [0.717, 1.165) is 41.2 Å². The van der Waals surface area contributed by atoms with E-state index >= 15 is 0 Å². The van der Waals surface area contributed by atoms with E-state index in [4.69, 9.17) is 14.2 Å². The van der Waals surface area contributed by atoms with Crippen LogP contribution < -0.4 is 14.8 Å². The van der Waals surface area contributed by atoms with E-state index in [9.17, 15) is 4.79 Å². The molecule has 0 saturated carbocycles. The first-order valence-electron chi connectivity index (χ1n) is 10.8. The van der Waals surface area contributed by atoms with Crippen molar-refractivity contribution in [2.75, 3.05) is 26.1 Å². The number of hydrogen-bond acceptors (Lipinski definition) is 5. The molecule has 31 heavy (non-hydrogen) atoms. The Kier molecular flexibility index (Phi) is 5.69. The van der Waals surface area contributed by atoms with Gasteiger partial charge >= 0.3 is 5.97 Å². The van der Waals surface area contributed by atoms with Gasteiger partial charge in [-0.2, -0.15) is 0 Å². The molecule has 164 valence electrons. The molecule has 2 aromatic rings. The van der Waals surface area contributed by atoms with Crippen molar-refractivity contribution in [2.24, 2.45) is 5.92 Å². The zero-order valence-electron chi connectivity index (χ0n) is 19.0. The summed E-state index contributed by atoms with van der Waals surface area (Å²) < 4.78 is 16.9. The SMILES string of the molecule is COC(=O)c1ccc2c(c1)[C@](C)(CCC=C(C)C)[C@H]1COc3cccc(OC)c3[C@H]1N2. The second kappa shape index (κ2) is 8.29. The number of rotatable bonds is 5. The van der Waals surface area contributed by atoms with E-state index in [1.165, 1.54) is 12.7 Å². The van der Waals surface area contributed by atoms with Gasteiger partial charge in [0, 0.05) is 17.0 Å². The lowest BCUT2D eigenvalue weighted by atomic mass is 9.62. The van der Waals surface area contributed by atoms with E-state index in [1.54, 1.807) is 7.11 Å². The average Bonchev–Trinajstić information content (AvgIpc) is 2.77. The number of fused-ring (bicyclic) bond motifs is 4. The first-order valence-corrected chi connectivity index (χ1v) is 10.8. The highest BCUT2D eigenvalue weighted by Gasteiger charge is 2.49. The van der Waals surface area contributed by atoms with E-state index in [1.807, 2.05) is 36.4 Å². The Balaban J connectivity index is 1.85. The lowest BCUT2D eigenvalue weighted by Crippen LogP contribution is -2.48. The highest BCUT2D eigenvalue weighted by molar-refractivity contribution is 5.90. The minimum atomic E-state index is -0.316. The van der Waals surface area contributed by atoms with E-state index < -0.39 is 0 Å². The van der Waals surface area contributed by atoms with Crippen LogP contribution in [0.4, 0.5) is 5.69 Å². The topological polar surface area (TPSA) is 56.8 Å². The van der Waals surface area contributed by atoms with Crippen molar-refractivity contribution < 1.29 is 19.0 Å².